The van der Waals surface area contributed by atoms with Crippen LogP contribution in [0.15, 0.2) is 65.3 Å². The Morgan fingerprint density at radius 3 is 2.45 bits per heavy atom. The van der Waals surface area contributed by atoms with Gasteiger partial charge in [-0.3, -0.25) is 0 Å². The molecule has 0 unspecified atom stereocenters. The SMILES string of the molecule is Brc1ccc(-c2nc3cc4ccccc4cn3n2)cc1. The van der Waals surface area contributed by atoms with E-state index in [4.69, 9.17) is 0 Å². The van der Waals surface area contributed by atoms with Gasteiger partial charge in [-0.15, -0.1) is 5.10 Å². The molecule has 0 aliphatic rings. The van der Waals surface area contributed by atoms with Crippen LogP contribution < -0.4 is 0 Å². The second kappa shape index (κ2) is 4.42. The van der Waals surface area contributed by atoms with Crippen LogP contribution in [0.3, 0.4) is 0 Å². The minimum atomic E-state index is 0.743. The lowest BCUT2D eigenvalue weighted by atomic mass is 10.2. The van der Waals surface area contributed by atoms with E-state index in [2.05, 4.69) is 44.2 Å². The maximum atomic E-state index is 4.60. The summed E-state index contributed by atoms with van der Waals surface area (Å²) in [6, 6.07) is 18.3. The van der Waals surface area contributed by atoms with Crippen molar-refractivity contribution in [2.24, 2.45) is 0 Å². The minimum Gasteiger partial charge on any atom is -0.220 e. The number of halogens is 1. The molecule has 4 heteroatoms. The number of benzene rings is 2. The van der Waals surface area contributed by atoms with Gasteiger partial charge in [0, 0.05) is 21.6 Å². The number of hydrogen-bond donors (Lipinski definition) is 0. The Labute approximate surface area is 124 Å². The first-order chi connectivity index (χ1) is 9.79. The Balaban J connectivity index is 1.93. The molecule has 2 heterocycles. The first kappa shape index (κ1) is 11.6. The zero-order valence-electron chi connectivity index (χ0n) is 10.5. The Morgan fingerprint density at radius 1 is 0.900 bits per heavy atom. The first-order valence-electron chi connectivity index (χ1n) is 6.31. The molecule has 0 aliphatic carbocycles. The highest BCUT2D eigenvalue weighted by Crippen LogP contribution is 2.21. The van der Waals surface area contributed by atoms with Crippen LogP contribution in [0, 0.1) is 0 Å². The average Bonchev–Trinajstić information content (AvgIpc) is 2.88. The molecule has 0 radical (unpaired) electrons. The molecule has 96 valence electrons. The summed E-state index contributed by atoms with van der Waals surface area (Å²) < 4.78 is 2.88. The van der Waals surface area contributed by atoms with Gasteiger partial charge in [0.05, 0.1) is 0 Å². The van der Waals surface area contributed by atoms with Crippen LogP contribution in [0.2, 0.25) is 0 Å². The summed E-state index contributed by atoms with van der Waals surface area (Å²) >= 11 is 3.44. The van der Waals surface area contributed by atoms with Crippen LogP contribution >= 0.6 is 15.9 Å². The average molecular weight is 324 g/mol. The van der Waals surface area contributed by atoms with Crippen LogP contribution in [-0.2, 0) is 0 Å². The van der Waals surface area contributed by atoms with Gasteiger partial charge in [0.25, 0.3) is 0 Å². The summed E-state index contributed by atoms with van der Waals surface area (Å²) in [6.07, 6.45) is 2.01. The third kappa shape index (κ3) is 1.89. The molecular formula is C16H10BrN3. The minimum absolute atomic E-state index is 0.743. The van der Waals surface area contributed by atoms with E-state index in [-0.39, 0.29) is 0 Å². The van der Waals surface area contributed by atoms with Crippen molar-refractivity contribution in [1.29, 1.82) is 0 Å². The van der Waals surface area contributed by atoms with Gasteiger partial charge in [-0.1, -0.05) is 52.3 Å². The van der Waals surface area contributed by atoms with Crippen molar-refractivity contribution in [3.8, 4) is 11.4 Å². The Hall–Kier alpha value is -2.20. The molecule has 4 rings (SSSR count). The van der Waals surface area contributed by atoms with Crippen molar-refractivity contribution in [2.75, 3.05) is 0 Å². The maximum absolute atomic E-state index is 4.60. The Kier molecular flexibility index (Phi) is 2.57. The fraction of sp³-hybridized carbons (Fsp3) is 0. The molecule has 0 saturated heterocycles. The molecule has 2 aromatic carbocycles. The predicted molar refractivity (Wildman–Crippen MR) is 83.6 cm³/mol. The Morgan fingerprint density at radius 2 is 1.65 bits per heavy atom. The highest BCUT2D eigenvalue weighted by Gasteiger charge is 2.07. The molecule has 0 fully saturated rings. The van der Waals surface area contributed by atoms with Crippen molar-refractivity contribution in [2.45, 2.75) is 0 Å². The van der Waals surface area contributed by atoms with Gasteiger partial charge in [-0.05, 0) is 23.6 Å². The number of rotatable bonds is 1. The van der Waals surface area contributed by atoms with Gasteiger partial charge in [0.15, 0.2) is 11.5 Å². The van der Waals surface area contributed by atoms with Gasteiger partial charge in [-0.25, -0.2) is 9.50 Å². The summed E-state index contributed by atoms with van der Waals surface area (Å²) in [6.45, 7) is 0. The predicted octanol–water partition coefficient (Wildman–Crippen LogP) is 4.31. The third-order valence-corrected chi connectivity index (χ3v) is 3.83. The molecule has 2 aromatic heterocycles. The normalized spacial score (nSPS) is 11.2. The molecule has 0 spiro atoms. The molecule has 0 atom stereocenters. The summed E-state index contributed by atoms with van der Waals surface area (Å²) in [7, 11) is 0. The molecule has 3 nitrogen and oxygen atoms in total. The van der Waals surface area contributed by atoms with E-state index in [0.29, 0.717) is 0 Å². The highest BCUT2D eigenvalue weighted by molar-refractivity contribution is 9.10. The number of aromatic nitrogens is 3. The monoisotopic (exact) mass is 323 g/mol. The molecular weight excluding hydrogens is 314 g/mol. The van der Waals surface area contributed by atoms with E-state index in [0.717, 1.165) is 26.9 Å². The largest absolute Gasteiger partial charge is 0.220 e. The van der Waals surface area contributed by atoms with Gasteiger partial charge in [0.1, 0.15) is 0 Å². The molecule has 0 aliphatic heterocycles. The van der Waals surface area contributed by atoms with E-state index >= 15 is 0 Å². The number of pyridine rings is 1. The van der Waals surface area contributed by atoms with Crippen LogP contribution in [0.1, 0.15) is 0 Å². The van der Waals surface area contributed by atoms with Gasteiger partial charge >= 0.3 is 0 Å². The summed E-state index contributed by atoms with van der Waals surface area (Å²) in [5, 5.41) is 6.89. The standard InChI is InChI=1S/C16H10BrN3/c17-14-7-5-11(6-8-14)16-18-15-9-12-3-1-2-4-13(12)10-20(15)19-16/h1-10H. The zero-order valence-corrected chi connectivity index (χ0v) is 12.1. The number of hydrogen-bond acceptors (Lipinski definition) is 2. The topological polar surface area (TPSA) is 30.2 Å². The van der Waals surface area contributed by atoms with E-state index in [1.54, 1.807) is 0 Å². The van der Waals surface area contributed by atoms with E-state index < -0.39 is 0 Å². The Bertz CT molecular complexity index is 857. The number of nitrogens with zero attached hydrogens (tertiary/aromatic N) is 3. The maximum Gasteiger partial charge on any atom is 0.182 e. The smallest absolute Gasteiger partial charge is 0.182 e. The fourth-order valence-corrected chi connectivity index (χ4v) is 2.55. The zero-order chi connectivity index (χ0) is 13.5. The third-order valence-electron chi connectivity index (χ3n) is 3.30. The first-order valence-corrected chi connectivity index (χ1v) is 7.10. The van der Waals surface area contributed by atoms with Crippen molar-refractivity contribution in [1.82, 2.24) is 14.6 Å². The van der Waals surface area contributed by atoms with Crippen LogP contribution in [-0.4, -0.2) is 14.6 Å². The van der Waals surface area contributed by atoms with Gasteiger partial charge in [-0.2, -0.15) is 0 Å². The van der Waals surface area contributed by atoms with Crippen molar-refractivity contribution in [3.63, 3.8) is 0 Å². The van der Waals surface area contributed by atoms with E-state index in [1.807, 2.05) is 47.1 Å². The quantitative estimate of drug-likeness (QED) is 0.522. The molecule has 0 saturated carbocycles. The lowest BCUT2D eigenvalue weighted by molar-refractivity contribution is 0.974. The van der Waals surface area contributed by atoms with Crippen molar-refractivity contribution >= 4 is 32.3 Å². The molecule has 0 amide bonds. The fourth-order valence-electron chi connectivity index (χ4n) is 2.28. The van der Waals surface area contributed by atoms with Gasteiger partial charge in [0.2, 0.25) is 0 Å². The second-order valence-electron chi connectivity index (χ2n) is 4.65. The molecule has 0 N–H and O–H groups in total. The van der Waals surface area contributed by atoms with Gasteiger partial charge < -0.3 is 0 Å². The summed E-state index contributed by atoms with van der Waals surface area (Å²) in [5.74, 6) is 0.743. The lowest BCUT2D eigenvalue weighted by Crippen LogP contribution is -1.87. The lowest BCUT2D eigenvalue weighted by Gasteiger charge is -1.96. The van der Waals surface area contributed by atoms with Crippen molar-refractivity contribution in [3.05, 3.63) is 65.3 Å². The van der Waals surface area contributed by atoms with E-state index in [9.17, 15) is 0 Å². The van der Waals surface area contributed by atoms with E-state index in [1.165, 1.54) is 5.39 Å². The van der Waals surface area contributed by atoms with Crippen LogP contribution in [0.4, 0.5) is 0 Å². The second-order valence-corrected chi connectivity index (χ2v) is 5.56. The number of fused-ring (bicyclic) bond motifs is 2. The van der Waals surface area contributed by atoms with Crippen molar-refractivity contribution < 1.29 is 0 Å². The molecule has 20 heavy (non-hydrogen) atoms. The summed E-state index contributed by atoms with van der Waals surface area (Å²) in [4.78, 5) is 4.60. The molecule has 0 bridgehead atoms. The van der Waals surface area contributed by atoms with Crippen LogP contribution in [0.25, 0.3) is 27.8 Å². The molecule has 4 aromatic rings. The highest BCUT2D eigenvalue weighted by atomic mass is 79.9. The summed E-state index contributed by atoms with van der Waals surface area (Å²) in [5.41, 5.74) is 1.88. The van der Waals surface area contributed by atoms with Crippen LogP contribution in [0.5, 0.6) is 0 Å².